The van der Waals surface area contributed by atoms with Crippen molar-refractivity contribution in [2.45, 2.75) is 195 Å². The van der Waals surface area contributed by atoms with Gasteiger partial charge in [0, 0.05) is 49.7 Å². The second-order valence-corrected chi connectivity index (χ2v) is 25.4. The van der Waals surface area contributed by atoms with Gasteiger partial charge in [0.1, 0.15) is 28.7 Å². The molecule has 0 saturated heterocycles. The number of aryl methyl sites for hydroxylation is 1. The molecule has 8 atom stereocenters. The Bertz CT molecular complexity index is 1970. The number of ether oxygens (including phenoxy) is 4. The topological polar surface area (TPSA) is 199 Å². The van der Waals surface area contributed by atoms with E-state index < -0.39 is 52.7 Å². The summed E-state index contributed by atoms with van der Waals surface area (Å²) < 4.78 is 22.9. The highest BCUT2D eigenvalue weighted by Gasteiger charge is 2.64. The van der Waals surface area contributed by atoms with E-state index in [1.165, 1.54) is 0 Å². The summed E-state index contributed by atoms with van der Waals surface area (Å²) in [7, 11) is 0. The van der Waals surface area contributed by atoms with E-state index in [2.05, 4.69) is 48.9 Å². The first-order valence-electron chi connectivity index (χ1n) is 25.8. The average Bonchev–Trinajstić information content (AvgIpc) is 3.60. The standard InChI is InChI=1S/C54H86N4O11S/c1-34-21-25-54-26-23-40(59)45(54)44(34)41(66-43(61)33-70-39-19-17-37(18-20-39)30-56-42(60)31-57-48(64)68-51(6,7)8)29-53(12,46(62)35(54)2)24-22-36-13-15-38(16-14-36)32-58(49(65)69-52(9,10)11)28-27-55-47(63)67-50(3,4)5/h13-16,34-35,37,39,41,44-46,62H,17-33H2,1-12H3,(H,55,63)(H,56,60)(H,57,64)/t34-,35+,37?,39?,41-,44?,45?,46+,53+,54+/m1/s1. The predicted molar refractivity (Wildman–Crippen MR) is 271 cm³/mol. The molecule has 4 aliphatic carbocycles. The number of benzene rings is 1. The number of nitrogens with zero attached hydrogens (tertiary/aromatic N) is 1. The number of esters is 1. The molecule has 4 N–H and O–H groups in total. The van der Waals surface area contributed by atoms with Gasteiger partial charge in [-0.1, -0.05) is 45.0 Å². The number of thioether (sulfide) groups is 1. The zero-order valence-corrected chi connectivity index (χ0v) is 45.2. The van der Waals surface area contributed by atoms with Gasteiger partial charge in [-0.05, 0) is 166 Å². The molecule has 1 aromatic rings. The van der Waals surface area contributed by atoms with Gasteiger partial charge in [-0.2, -0.15) is 0 Å². The Kier molecular flexibility index (Phi) is 19.2. The maximum Gasteiger partial charge on any atom is 0.410 e. The Morgan fingerprint density at radius 3 is 2.01 bits per heavy atom. The Labute approximate surface area is 422 Å². The van der Waals surface area contributed by atoms with Crippen LogP contribution in [0.15, 0.2) is 24.3 Å². The van der Waals surface area contributed by atoms with Crippen LogP contribution < -0.4 is 16.0 Å². The number of nitrogens with one attached hydrogen (secondary N) is 3. The average molecular weight is 999 g/mol. The van der Waals surface area contributed by atoms with Gasteiger partial charge in [0.2, 0.25) is 5.91 Å². The number of alkyl carbamates (subject to hydrolysis) is 2. The van der Waals surface area contributed by atoms with Crippen LogP contribution in [-0.4, -0.2) is 112 Å². The van der Waals surface area contributed by atoms with Crippen LogP contribution in [0.3, 0.4) is 0 Å². The lowest BCUT2D eigenvalue weighted by Gasteiger charge is -2.57. The molecule has 5 rings (SSSR count). The fourth-order valence-corrected chi connectivity index (χ4v) is 12.6. The summed E-state index contributed by atoms with van der Waals surface area (Å²) in [6.45, 7) is 23.6. The molecule has 0 radical (unpaired) electrons. The molecule has 4 saturated carbocycles. The first-order valence-corrected chi connectivity index (χ1v) is 26.9. The third kappa shape index (κ3) is 16.2. The third-order valence-electron chi connectivity index (χ3n) is 15.1. The number of aliphatic hydroxyl groups is 1. The van der Waals surface area contributed by atoms with Gasteiger partial charge < -0.3 is 44.9 Å². The maximum absolute atomic E-state index is 14.0. The lowest BCUT2D eigenvalue weighted by Crippen LogP contribution is -2.58. The highest BCUT2D eigenvalue weighted by molar-refractivity contribution is 8.00. The van der Waals surface area contributed by atoms with Crippen molar-refractivity contribution < 1.29 is 52.8 Å². The molecule has 4 amide bonds. The molecule has 1 aromatic carbocycles. The van der Waals surface area contributed by atoms with Crippen LogP contribution in [0.1, 0.15) is 158 Å². The molecular weight excluding hydrogens is 913 g/mol. The number of ketones is 1. The molecule has 2 bridgehead atoms. The van der Waals surface area contributed by atoms with E-state index in [-0.39, 0.29) is 83.9 Å². The SMILES string of the molecule is C[C@@H]1CC[C@@]23CCC(=O)C2C1[C@H](OC(=O)CSC1CCC(CNC(=O)CNC(=O)OC(C)(C)C)CC1)C[C@](C)(CCc1ccc(CN(CCNC(=O)OC(C)(C)C)C(=O)OC(C)(C)C)cc1)[C@@H](O)[C@@H]3C. The summed E-state index contributed by atoms with van der Waals surface area (Å²) in [5, 5.41) is 21.0. The number of hydrogen-bond donors (Lipinski definition) is 4. The van der Waals surface area contributed by atoms with Crippen LogP contribution in [-0.2, 0) is 46.3 Å². The Morgan fingerprint density at radius 1 is 0.800 bits per heavy atom. The normalized spacial score (nSPS) is 29.1. The van der Waals surface area contributed by atoms with Gasteiger partial charge in [-0.3, -0.25) is 14.4 Å². The van der Waals surface area contributed by atoms with Crippen molar-refractivity contribution in [3.8, 4) is 0 Å². The molecule has 70 heavy (non-hydrogen) atoms. The van der Waals surface area contributed by atoms with E-state index in [4.69, 9.17) is 18.9 Å². The number of rotatable bonds is 16. The van der Waals surface area contributed by atoms with Crippen LogP contribution in [0.4, 0.5) is 14.4 Å². The minimum Gasteiger partial charge on any atom is -0.461 e. The monoisotopic (exact) mass is 999 g/mol. The highest BCUT2D eigenvalue weighted by atomic mass is 32.2. The zero-order valence-electron chi connectivity index (χ0n) is 44.3. The maximum atomic E-state index is 14.0. The molecule has 0 aromatic heterocycles. The zero-order chi connectivity index (χ0) is 51.8. The van der Waals surface area contributed by atoms with Crippen LogP contribution in [0.2, 0.25) is 0 Å². The molecule has 4 aliphatic rings. The Morgan fingerprint density at radius 2 is 1.40 bits per heavy atom. The van der Waals surface area contributed by atoms with Crippen LogP contribution in [0, 0.1) is 40.4 Å². The number of amides is 4. The summed E-state index contributed by atoms with van der Waals surface area (Å²) in [6.07, 6.45) is 5.53. The molecule has 394 valence electrons. The van der Waals surface area contributed by atoms with Gasteiger partial charge in [-0.25, -0.2) is 14.4 Å². The summed E-state index contributed by atoms with van der Waals surface area (Å²) in [5.74, 6) is -0.0842. The van der Waals surface area contributed by atoms with Crippen molar-refractivity contribution in [2.24, 2.45) is 40.4 Å². The molecule has 16 heteroatoms. The van der Waals surface area contributed by atoms with Gasteiger partial charge >= 0.3 is 24.2 Å². The summed E-state index contributed by atoms with van der Waals surface area (Å²) in [6, 6.07) is 8.09. The first kappa shape index (κ1) is 56.9. The number of Topliss-reactive ketones (excluding diaryl/α,β-unsaturated/α-hetero) is 1. The fraction of sp³-hybridized carbons (Fsp3) is 0.778. The molecule has 0 heterocycles. The van der Waals surface area contributed by atoms with E-state index >= 15 is 0 Å². The molecular formula is C54H86N4O11S. The number of carbonyl (C=O) groups excluding carboxylic acids is 6. The fourth-order valence-electron chi connectivity index (χ4n) is 11.5. The number of carbonyl (C=O) groups is 6. The second kappa shape index (κ2) is 23.7. The van der Waals surface area contributed by atoms with E-state index in [1.807, 2.05) is 32.9 Å². The van der Waals surface area contributed by atoms with Crippen molar-refractivity contribution >= 4 is 47.7 Å². The van der Waals surface area contributed by atoms with E-state index in [9.17, 15) is 33.9 Å². The number of aliphatic hydroxyl groups excluding tert-OH is 1. The minimum atomic E-state index is -0.719. The molecule has 4 fully saturated rings. The van der Waals surface area contributed by atoms with Crippen molar-refractivity contribution in [3.63, 3.8) is 0 Å². The second-order valence-electron chi connectivity index (χ2n) is 24.2. The summed E-state index contributed by atoms with van der Waals surface area (Å²) in [5.41, 5.74) is -0.998. The largest absolute Gasteiger partial charge is 0.461 e. The van der Waals surface area contributed by atoms with E-state index in [1.54, 1.807) is 58.2 Å². The Hall–Kier alpha value is -4.05. The molecule has 15 nitrogen and oxygen atoms in total. The van der Waals surface area contributed by atoms with Crippen LogP contribution in [0.5, 0.6) is 0 Å². The third-order valence-corrected chi connectivity index (χ3v) is 16.4. The lowest BCUT2D eigenvalue weighted by molar-refractivity contribution is -0.184. The first-order chi connectivity index (χ1) is 32.6. The summed E-state index contributed by atoms with van der Waals surface area (Å²) in [4.78, 5) is 79.4. The van der Waals surface area contributed by atoms with Crippen molar-refractivity contribution in [2.75, 3.05) is 31.9 Å². The molecule has 0 spiro atoms. The van der Waals surface area contributed by atoms with Gasteiger partial charge in [0.05, 0.1) is 18.4 Å². The van der Waals surface area contributed by atoms with Crippen LogP contribution >= 0.6 is 11.8 Å². The lowest BCUT2D eigenvalue weighted by atomic mass is 9.48. The van der Waals surface area contributed by atoms with Gasteiger partial charge in [-0.15, -0.1) is 11.8 Å². The van der Waals surface area contributed by atoms with E-state index in [0.29, 0.717) is 38.1 Å². The highest BCUT2D eigenvalue weighted by Crippen LogP contribution is 2.64. The molecule has 0 aliphatic heterocycles. The van der Waals surface area contributed by atoms with Gasteiger partial charge in [0.15, 0.2) is 0 Å². The Balaban J connectivity index is 1.21. The van der Waals surface area contributed by atoms with E-state index in [0.717, 1.165) is 56.1 Å². The minimum absolute atomic E-state index is 0.112. The van der Waals surface area contributed by atoms with Crippen molar-refractivity contribution in [3.05, 3.63) is 35.4 Å². The number of hydrogen-bond acceptors (Lipinski definition) is 12. The smallest absolute Gasteiger partial charge is 0.410 e. The summed E-state index contributed by atoms with van der Waals surface area (Å²) >= 11 is 1.62. The predicted octanol–water partition coefficient (Wildman–Crippen LogP) is 9.14. The van der Waals surface area contributed by atoms with Crippen molar-refractivity contribution in [1.29, 1.82) is 0 Å². The van der Waals surface area contributed by atoms with Crippen LogP contribution in [0.25, 0.3) is 0 Å². The molecule has 2 unspecified atom stereocenters. The quantitative estimate of drug-likeness (QED) is 0.0906. The van der Waals surface area contributed by atoms with Gasteiger partial charge in [0.25, 0.3) is 0 Å². The van der Waals surface area contributed by atoms with Crippen molar-refractivity contribution in [1.82, 2.24) is 20.9 Å².